The van der Waals surface area contributed by atoms with Crippen molar-refractivity contribution in [1.29, 1.82) is 0 Å². The number of sulfone groups is 1. The molecule has 5 aliphatic rings. The predicted molar refractivity (Wildman–Crippen MR) is 151 cm³/mol. The van der Waals surface area contributed by atoms with Gasteiger partial charge in [-0.05, 0) is 38.3 Å². The first-order chi connectivity index (χ1) is 20.6. The molecule has 16 heteroatoms. The fourth-order valence-electron chi connectivity index (χ4n) is 7.97. The SMILES string of the molecule is Cc1c(F)c(N)cc(-c2nc3c4c(nc(N5CC6(C5)CS(=O)(=O)C6)nc4c2F)N2C[C@H]4CC[C@H](N4)[C@H]2[C@H](C)O3)c1C(F)(F)F. The first-order valence-corrected chi connectivity index (χ1v) is 16.2. The Morgan fingerprint density at radius 1 is 1.11 bits per heavy atom. The molecular weight excluding hydrogens is 609 g/mol. The Labute approximate surface area is 248 Å². The van der Waals surface area contributed by atoms with Gasteiger partial charge in [0.25, 0.3) is 0 Å². The summed E-state index contributed by atoms with van der Waals surface area (Å²) < 4.78 is 104. The third-order valence-electron chi connectivity index (χ3n) is 9.69. The van der Waals surface area contributed by atoms with Crippen LogP contribution < -0.4 is 25.6 Å². The Hall–Kier alpha value is -3.53. The first-order valence-electron chi connectivity index (χ1n) is 14.4. The van der Waals surface area contributed by atoms with E-state index in [2.05, 4.69) is 20.2 Å². The van der Waals surface area contributed by atoms with Gasteiger partial charge in [-0.15, -0.1) is 0 Å². The number of piperazine rings is 1. The minimum Gasteiger partial charge on any atom is -0.472 e. The maximum atomic E-state index is 16.7. The maximum absolute atomic E-state index is 16.7. The van der Waals surface area contributed by atoms with Crippen LogP contribution in [0.2, 0.25) is 0 Å². The number of nitrogens with one attached hydrogen (secondary N) is 1. The van der Waals surface area contributed by atoms with Crippen LogP contribution in [-0.2, 0) is 16.0 Å². The van der Waals surface area contributed by atoms with Crippen LogP contribution in [0.5, 0.6) is 5.88 Å². The van der Waals surface area contributed by atoms with E-state index in [0.717, 1.165) is 25.8 Å². The highest BCUT2D eigenvalue weighted by molar-refractivity contribution is 7.92. The Morgan fingerprint density at radius 2 is 1.84 bits per heavy atom. The van der Waals surface area contributed by atoms with Crippen molar-refractivity contribution in [3.05, 3.63) is 28.8 Å². The fourth-order valence-corrected chi connectivity index (χ4v) is 10.1. The van der Waals surface area contributed by atoms with E-state index in [4.69, 9.17) is 15.5 Å². The zero-order valence-electron chi connectivity index (χ0n) is 23.7. The van der Waals surface area contributed by atoms with Gasteiger partial charge in [-0.1, -0.05) is 0 Å². The highest BCUT2D eigenvalue weighted by atomic mass is 32.2. The van der Waals surface area contributed by atoms with Gasteiger partial charge in [-0.3, -0.25) is 0 Å². The average molecular weight is 638 g/mol. The smallest absolute Gasteiger partial charge is 0.417 e. The number of rotatable bonds is 2. The van der Waals surface area contributed by atoms with E-state index in [1.807, 2.05) is 6.92 Å². The van der Waals surface area contributed by atoms with E-state index >= 15 is 4.39 Å². The molecule has 2 bridgehead atoms. The number of benzene rings is 1. The van der Waals surface area contributed by atoms with Crippen LogP contribution in [0.3, 0.4) is 0 Å². The number of ether oxygens (including phenoxy) is 1. The number of nitrogens with zero attached hydrogens (tertiary/aromatic N) is 5. The van der Waals surface area contributed by atoms with Crippen molar-refractivity contribution in [2.75, 3.05) is 46.7 Å². The van der Waals surface area contributed by atoms with Gasteiger partial charge in [-0.2, -0.15) is 18.2 Å². The lowest BCUT2D eigenvalue weighted by Crippen LogP contribution is -2.68. The van der Waals surface area contributed by atoms with E-state index in [-0.39, 0.29) is 52.4 Å². The normalized spacial score (nSPS) is 27.9. The average Bonchev–Trinajstić information content (AvgIpc) is 3.23. The molecule has 1 aromatic carbocycles. The number of alkyl halides is 3. The molecule has 0 unspecified atom stereocenters. The van der Waals surface area contributed by atoms with Crippen LogP contribution in [0.25, 0.3) is 22.2 Å². The largest absolute Gasteiger partial charge is 0.472 e. The second kappa shape index (κ2) is 8.80. The molecule has 44 heavy (non-hydrogen) atoms. The first kappa shape index (κ1) is 28.0. The molecule has 3 N–H and O–H groups in total. The van der Waals surface area contributed by atoms with E-state index in [9.17, 15) is 26.0 Å². The summed E-state index contributed by atoms with van der Waals surface area (Å²) >= 11 is 0. The van der Waals surface area contributed by atoms with Gasteiger partial charge in [0.15, 0.2) is 15.7 Å². The number of pyridine rings is 1. The summed E-state index contributed by atoms with van der Waals surface area (Å²) in [6.45, 7) is 3.99. The highest BCUT2D eigenvalue weighted by Crippen LogP contribution is 2.49. The van der Waals surface area contributed by atoms with Crippen LogP contribution in [0.1, 0.15) is 30.9 Å². The number of nitrogen functional groups attached to an aromatic ring is 1. The van der Waals surface area contributed by atoms with E-state index in [1.165, 1.54) is 0 Å². The van der Waals surface area contributed by atoms with Gasteiger partial charge in [-0.25, -0.2) is 27.2 Å². The molecule has 8 rings (SSSR count). The van der Waals surface area contributed by atoms with Gasteiger partial charge in [0.05, 0.1) is 28.8 Å². The third-order valence-corrected chi connectivity index (χ3v) is 11.8. The number of aromatic nitrogens is 3. The second-order valence-corrected chi connectivity index (χ2v) is 14.9. The summed E-state index contributed by atoms with van der Waals surface area (Å²) in [5, 5.41) is 3.72. The summed E-state index contributed by atoms with van der Waals surface area (Å²) in [4.78, 5) is 17.5. The summed E-state index contributed by atoms with van der Waals surface area (Å²) in [5.41, 5.74) is 0.820. The van der Waals surface area contributed by atoms with Crippen molar-refractivity contribution in [3.63, 3.8) is 0 Å². The zero-order valence-corrected chi connectivity index (χ0v) is 24.5. The Balaban J connectivity index is 1.36. The molecule has 1 spiro atoms. The monoisotopic (exact) mass is 637 g/mol. The Morgan fingerprint density at radius 3 is 2.52 bits per heavy atom. The quantitative estimate of drug-likeness (QED) is 0.320. The van der Waals surface area contributed by atoms with Gasteiger partial charge in [0, 0.05) is 42.7 Å². The summed E-state index contributed by atoms with van der Waals surface area (Å²) in [7, 11) is -3.10. The summed E-state index contributed by atoms with van der Waals surface area (Å²) in [6, 6.07) is 0.678. The number of fused-ring (bicyclic) bond motifs is 5. The fraction of sp³-hybridized carbons (Fsp3) is 0.536. The van der Waals surface area contributed by atoms with Gasteiger partial charge in [0.2, 0.25) is 11.8 Å². The van der Waals surface area contributed by atoms with Crippen molar-refractivity contribution in [2.45, 2.75) is 57.1 Å². The van der Waals surface area contributed by atoms with Crippen LogP contribution in [0.4, 0.5) is 39.4 Å². The number of halogens is 5. The minimum atomic E-state index is -5.05. The molecule has 5 aliphatic heterocycles. The van der Waals surface area contributed by atoms with Crippen LogP contribution in [0, 0.1) is 24.0 Å². The van der Waals surface area contributed by atoms with E-state index in [1.54, 1.807) is 4.90 Å². The Kier molecular flexibility index (Phi) is 5.60. The van der Waals surface area contributed by atoms with Gasteiger partial charge in [0.1, 0.15) is 34.3 Å². The molecule has 4 saturated heterocycles. The van der Waals surface area contributed by atoms with Crippen LogP contribution >= 0.6 is 0 Å². The lowest BCUT2D eigenvalue weighted by atomic mass is 9.83. The minimum absolute atomic E-state index is 0.0275. The Bertz CT molecular complexity index is 1870. The zero-order chi connectivity index (χ0) is 31.1. The van der Waals surface area contributed by atoms with Crippen molar-refractivity contribution in [2.24, 2.45) is 5.41 Å². The second-order valence-electron chi connectivity index (χ2n) is 12.9. The standard InChI is InChI=1S/C28H28F5N7O3S/c1-11-18(28(31,32)33)14(5-15(34)19(11)29)21-20(30)22-17-24(38-26(37-22)39-7-27(8-39)9-44(41,42)10-27)40-6-13-3-4-16(35-13)23(40)12(2)43-25(17)36-21/h5,12-13,16,23,35H,3-4,6-10,34H2,1-2H3/t12-,13+,16-,23+/m0/s1. The van der Waals surface area contributed by atoms with E-state index < -0.39 is 67.2 Å². The van der Waals surface area contributed by atoms with Gasteiger partial charge < -0.3 is 25.6 Å². The molecule has 7 heterocycles. The van der Waals surface area contributed by atoms with Crippen LogP contribution in [-0.4, -0.2) is 78.7 Å². The molecule has 0 saturated carbocycles. The third kappa shape index (κ3) is 3.91. The van der Waals surface area contributed by atoms with Crippen molar-refractivity contribution in [3.8, 4) is 17.1 Å². The molecule has 0 radical (unpaired) electrons. The summed E-state index contributed by atoms with van der Waals surface area (Å²) in [5.74, 6) is -1.95. The molecule has 2 aromatic heterocycles. The maximum Gasteiger partial charge on any atom is 0.417 e. The molecule has 4 atom stereocenters. The number of anilines is 3. The van der Waals surface area contributed by atoms with Gasteiger partial charge >= 0.3 is 6.18 Å². The number of hydrogen-bond donors (Lipinski definition) is 2. The van der Waals surface area contributed by atoms with Crippen LogP contribution in [0.15, 0.2) is 6.07 Å². The molecule has 0 aliphatic carbocycles. The summed E-state index contributed by atoms with van der Waals surface area (Å²) in [6.07, 6.45) is -3.77. The molecular formula is C28H28F5N7O3S. The molecule has 234 valence electrons. The lowest BCUT2D eigenvalue weighted by Gasteiger charge is -2.54. The number of hydrogen-bond acceptors (Lipinski definition) is 10. The highest BCUT2D eigenvalue weighted by Gasteiger charge is 2.57. The van der Waals surface area contributed by atoms with Crippen molar-refractivity contribution in [1.82, 2.24) is 20.3 Å². The van der Waals surface area contributed by atoms with E-state index in [0.29, 0.717) is 25.5 Å². The van der Waals surface area contributed by atoms with Crippen molar-refractivity contribution < 1.29 is 35.1 Å². The molecule has 3 aromatic rings. The topological polar surface area (TPSA) is 127 Å². The van der Waals surface area contributed by atoms with Crippen molar-refractivity contribution >= 4 is 38.2 Å². The molecule has 10 nitrogen and oxygen atoms in total. The molecule has 0 amide bonds. The predicted octanol–water partition coefficient (Wildman–Crippen LogP) is 3.20. The lowest BCUT2D eigenvalue weighted by molar-refractivity contribution is -0.137. The molecule has 4 fully saturated rings. The number of nitrogens with two attached hydrogens (primary N) is 1.